The number of rotatable bonds is 0. The fraction of sp³-hybridized carbons (Fsp3) is 0.909. The van der Waals surface area contributed by atoms with Gasteiger partial charge in [-0.2, -0.15) is 0 Å². The first-order valence-electron chi connectivity index (χ1n) is 5.02. The summed E-state index contributed by atoms with van der Waals surface area (Å²) in [6.07, 6.45) is 2.70. The van der Waals surface area contributed by atoms with Crippen molar-refractivity contribution >= 4 is 17.4 Å². The molecule has 0 spiro atoms. The van der Waals surface area contributed by atoms with Gasteiger partial charge in [0, 0.05) is 17.7 Å². The molecule has 0 heterocycles. The predicted molar refractivity (Wildman–Crippen MR) is 53.9 cm³/mol. The van der Waals surface area contributed by atoms with E-state index in [0.29, 0.717) is 12.2 Å². The SMILES string of the molecule is CC1(C)C[C@]2(C)CC(=O)[C@H]1C[C@@H]2Cl. The van der Waals surface area contributed by atoms with Crippen molar-refractivity contribution in [2.75, 3.05) is 0 Å². The quantitative estimate of drug-likeness (QED) is 0.550. The van der Waals surface area contributed by atoms with E-state index in [4.69, 9.17) is 11.6 Å². The van der Waals surface area contributed by atoms with Crippen LogP contribution in [0.5, 0.6) is 0 Å². The molecule has 0 radical (unpaired) electrons. The monoisotopic (exact) mass is 200 g/mol. The maximum Gasteiger partial charge on any atom is 0.137 e. The molecule has 3 saturated carbocycles. The lowest BCUT2D eigenvalue weighted by molar-refractivity contribution is -0.142. The summed E-state index contributed by atoms with van der Waals surface area (Å²) in [4.78, 5) is 11.8. The van der Waals surface area contributed by atoms with Crippen LogP contribution in [0, 0.1) is 16.7 Å². The molecule has 3 rings (SSSR count). The van der Waals surface area contributed by atoms with Crippen LogP contribution >= 0.6 is 11.6 Å². The Morgan fingerprint density at radius 2 is 2.00 bits per heavy atom. The van der Waals surface area contributed by atoms with E-state index < -0.39 is 0 Å². The highest BCUT2D eigenvalue weighted by molar-refractivity contribution is 6.21. The zero-order chi connectivity index (χ0) is 9.85. The summed E-state index contributed by atoms with van der Waals surface area (Å²) in [5.74, 6) is 0.660. The minimum Gasteiger partial charge on any atom is -0.299 e. The van der Waals surface area contributed by atoms with Gasteiger partial charge in [0.25, 0.3) is 0 Å². The molecular formula is C11H17ClO. The highest BCUT2D eigenvalue weighted by Gasteiger charge is 2.56. The van der Waals surface area contributed by atoms with Crippen molar-refractivity contribution in [3.05, 3.63) is 0 Å². The van der Waals surface area contributed by atoms with Gasteiger partial charge in [-0.1, -0.05) is 20.8 Å². The smallest absolute Gasteiger partial charge is 0.137 e. The molecule has 0 aromatic carbocycles. The van der Waals surface area contributed by atoms with Crippen LogP contribution in [-0.2, 0) is 4.79 Å². The third-order valence-electron chi connectivity index (χ3n) is 3.97. The van der Waals surface area contributed by atoms with Crippen LogP contribution in [0.15, 0.2) is 0 Å². The minimum atomic E-state index is 0.0664. The molecule has 2 heteroatoms. The number of carbonyl (C=O) groups is 1. The number of halogens is 1. The van der Waals surface area contributed by atoms with E-state index >= 15 is 0 Å². The fourth-order valence-corrected chi connectivity index (χ4v) is 3.68. The molecule has 13 heavy (non-hydrogen) atoms. The topological polar surface area (TPSA) is 17.1 Å². The van der Waals surface area contributed by atoms with Gasteiger partial charge in [0.05, 0.1) is 0 Å². The maximum absolute atomic E-state index is 11.8. The second kappa shape index (κ2) is 2.50. The third-order valence-corrected chi connectivity index (χ3v) is 4.67. The largest absolute Gasteiger partial charge is 0.299 e. The van der Waals surface area contributed by atoms with Crippen molar-refractivity contribution in [2.45, 2.75) is 45.4 Å². The van der Waals surface area contributed by atoms with E-state index in [1.54, 1.807) is 0 Å². The first-order chi connectivity index (χ1) is 5.85. The number of hydrogen-bond donors (Lipinski definition) is 0. The van der Waals surface area contributed by atoms with E-state index in [0.717, 1.165) is 12.8 Å². The van der Waals surface area contributed by atoms with Crippen LogP contribution < -0.4 is 0 Å². The second-order valence-corrected chi connectivity index (χ2v) is 6.25. The molecule has 0 aromatic heterocycles. The molecule has 0 amide bonds. The summed E-state index contributed by atoms with van der Waals surface area (Å²) in [5.41, 5.74) is 0.242. The molecule has 0 N–H and O–H groups in total. The van der Waals surface area contributed by atoms with Gasteiger partial charge in [0.2, 0.25) is 0 Å². The second-order valence-electron chi connectivity index (χ2n) is 5.72. The molecule has 0 aromatic rings. The lowest BCUT2D eigenvalue weighted by Gasteiger charge is -2.55. The van der Waals surface area contributed by atoms with E-state index in [-0.39, 0.29) is 22.1 Å². The van der Waals surface area contributed by atoms with E-state index in [1.165, 1.54) is 0 Å². The molecule has 74 valence electrons. The lowest BCUT2D eigenvalue weighted by atomic mass is 9.51. The Kier molecular flexibility index (Phi) is 1.83. The van der Waals surface area contributed by atoms with Gasteiger partial charge >= 0.3 is 0 Å². The summed E-state index contributed by atoms with van der Waals surface area (Å²) in [6.45, 7) is 6.57. The Labute approximate surface area is 84.8 Å². The summed E-state index contributed by atoms with van der Waals surface area (Å²) in [5, 5.41) is 0.211. The average molecular weight is 201 g/mol. The third kappa shape index (κ3) is 1.24. The number of fused-ring (bicyclic) bond motifs is 3. The predicted octanol–water partition coefficient (Wildman–Crippen LogP) is 3.01. The zero-order valence-corrected chi connectivity index (χ0v) is 9.32. The van der Waals surface area contributed by atoms with Gasteiger partial charge in [0.15, 0.2) is 0 Å². The van der Waals surface area contributed by atoms with Crippen molar-refractivity contribution in [2.24, 2.45) is 16.7 Å². The number of carbonyl (C=O) groups excluding carboxylic acids is 1. The summed E-state index contributed by atoms with van der Waals surface area (Å²) >= 11 is 6.29. The molecule has 0 aliphatic heterocycles. The zero-order valence-electron chi connectivity index (χ0n) is 8.56. The van der Waals surface area contributed by atoms with E-state index in [9.17, 15) is 4.79 Å². The Morgan fingerprint density at radius 3 is 2.46 bits per heavy atom. The van der Waals surface area contributed by atoms with Crippen LogP contribution in [0.2, 0.25) is 0 Å². The number of alkyl halides is 1. The van der Waals surface area contributed by atoms with Crippen LogP contribution in [0.25, 0.3) is 0 Å². The standard InChI is InChI=1S/C11H17ClO/c1-10(2)6-11(3)5-8(13)7(10)4-9(11)12/h7,9H,4-6H2,1-3H3/t7-,9+,11+/m1/s1. The number of hydrogen-bond acceptors (Lipinski definition) is 1. The van der Waals surface area contributed by atoms with Crippen LogP contribution in [0.4, 0.5) is 0 Å². The number of Topliss-reactive ketones (excluding diaryl/α,β-unsaturated/α-hetero) is 1. The Balaban J connectivity index is 2.37. The highest BCUT2D eigenvalue weighted by Crippen LogP contribution is 2.58. The Bertz CT molecular complexity index is 259. The highest BCUT2D eigenvalue weighted by atomic mass is 35.5. The van der Waals surface area contributed by atoms with Crippen LogP contribution in [-0.4, -0.2) is 11.2 Å². The molecule has 0 saturated heterocycles. The average Bonchev–Trinajstić information content (AvgIpc) is 1.92. The lowest BCUT2D eigenvalue weighted by Crippen LogP contribution is -2.54. The maximum atomic E-state index is 11.8. The van der Waals surface area contributed by atoms with Gasteiger partial charge in [-0.05, 0) is 23.7 Å². The first kappa shape index (κ1) is 9.51. The Morgan fingerprint density at radius 1 is 1.38 bits per heavy atom. The summed E-state index contributed by atoms with van der Waals surface area (Å²) in [7, 11) is 0. The molecule has 3 fully saturated rings. The van der Waals surface area contributed by atoms with Crippen molar-refractivity contribution in [3.8, 4) is 0 Å². The number of ketones is 1. The molecule has 0 unspecified atom stereocenters. The summed E-state index contributed by atoms with van der Waals surface area (Å²) < 4.78 is 0. The first-order valence-corrected chi connectivity index (χ1v) is 5.46. The van der Waals surface area contributed by atoms with Gasteiger partial charge in [0.1, 0.15) is 5.78 Å². The van der Waals surface area contributed by atoms with Gasteiger partial charge < -0.3 is 0 Å². The van der Waals surface area contributed by atoms with E-state index in [1.807, 2.05) is 0 Å². The molecule has 3 atom stereocenters. The molecule has 3 aliphatic rings. The van der Waals surface area contributed by atoms with Crippen molar-refractivity contribution < 1.29 is 4.79 Å². The van der Waals surface area contributed by atoms with Gasteiger partial charge in [-0.3, -0.25) is 4.79 Å². The van der Waals surface area contributed by atoms with Gasteiger partial charge in [-0.15, -0.1) is 11.6 Å². The van der Waals surface area contributed by atoms with Gasteiger partial charge in [-0.25, -0.2) is 0 Å². The molecular weight excluding hydrogens is 184 g/mol. The van der Waals surface area contributed by atoms with Crippen molar-refractivity contribution in [3.63, 3.8) is 0 Å². The van der Waals surface area contributed by atoms with Crippen LogP contribution in [0.1, 0.15) is 40.0 Å². The van der Waals surface area contributed by atoms with Crippen molar-refractivity contribution in [1.82, 2.24) is 0 Å². The van der Waals surface area contributed by atoms with Crippen molar-refractivity contribution in [1.29, 1.82) is 0 Å². The summed E-state index contributed by atoms with van der Waals surface area (Å²) in [6, 6.07) is 0. The van der Waals surface area contributed by atoms with Crippen LogP contribution in [0.3, 0.4) is 0 Å². The molecule has 3 aliphatic carbocycles. The van der Waals surface area contributed by atoms with E-state index in [2.05, 4.69) is 20.8 Å². The Hall–Kier alpha value is -0.0400. The minimum absolute atomic E-state index is 0.0664. The normalized spacial score (nSPS) is 48.2. The molecule has 1 nitrogen and oxygen atoms in total. The fourth-order valence-electron chi connectivity index (χ4n) is 3.35. The molecule has 2 bridgehead atoms.